The van der Waals surface area contributed by atoms with E-state index >= 15 is 0 Å². The Morgan fingerprint density at radius 2 is 1.96 bits per heavy atom. The van der Waals surface area contributed by atoms with Crippen LogP contribution in [0.1, 0.15) is 52.0 Å². The van der Waals surface area contributed by atoms with Gasteiger partial charge in [0.2, 0.25) is 0 Å². The summed E-state index contributed by atoms with van der Waals surface area (Å²) in [4.78, 5) is 12.3. The third kappa shape index (κ3) is 4.95. The molecule has 0 spiro atoms. The van der Waals surface area contributed by atoms with Crippen molar-refractivity contribution in [3.63, 3.8) is 0 Å². The van der Waals surface area contributed by atoms with Crippen LogP contribution in [0.2, 0.25) is 0 Å². The molecule has 0 radical (unpaired) electrons. The molecule has 1 aliphatic heterocycles. The summed E-state index contributed by atoms with van der Waals surface area (Å²) < 4.78 is 6.01. The Kier molecular flexibility index (Phi) is 5.88. The molecule has 5 heteroatoms. The standard InChI is InChI=1S/C19H30N2O3/c1-18(2)12-16(19(3,4)24-18)21-17(23)20-13-15(10-11-22)14-8-6-5-7-9-14/h5-9,15-16,22H,10-13H2,1-4H3,(H2,20,21,23). The molecule has 24 heavy (non-hydrogen) atoms. The lowest BCUT2D eigenvalue weighted by Gasteiger charge is -2.28. The maximum absolute atomic E-state index is 12.3. The number of aliphatic hydroxyl groups excluding tert-OH is 1. The van der Waals surface area contributed by atoms with E-state index in [0.29, 0.717) is 13.0 Å². The van der Waals surface area contributed by atoms with Crippen molar-refractivity contribution >= 4 is 6.03 Å². The van der Waals surface area contributed by atoms with E-state index in [0.717, 1.165) is 12.0 Å². The van der Waals surface area contributed by atoms with Gasteiger partial charge in [-0.15, -0.1) is 0 Å². The van der Waals surface area contributed by atoms with Crippen LogP contribution in [-0.2, 0) is 4.74 Å². The molecule has 2 rings (SSSR count). The monoisotopic (exact) mass is 334 g/mol. The van der Waals surface area contributed by atoms with Crippen molar-refractivity contribution in [2.24, 2.45) is 0 Å². The number of aliphatic hydroxyl groups is 1. The van der Waals surface area contributed by atoms with E-state index in [1.807, 2.05) is 58.0 Å². The van der Waals surface area contributed by atoms with Gasteiger partial charge in [0, 0.05) is 19.1 Å². The summed E-state index contributed by atoms with van der Waals surface area (Å²) in [6, 6.07) is 9.74. The van der Waals surface area contributed by atoms with E-state index < -0.39 is 0 Å². The Morgan fingerprint density at radius 3 is 2.50 bits per heavy atom. The fourth-order valence-corrected chi connectivity index (χ4v) is 3.48. The molecule has 5 nitrogen and oxygen atoms in total. The predicted molar refractivity (Wildman–Crippen MR) is 95.1 cm³/mol. The lowest BCUT2D eigenvalue weighted by atomic mass is 9.94. The first-order valence-electron chi connectivity index (χ1n) is 8.64. The number of ether oxygens (including phenoxy) is 1. The average molecular weight is 334 g/mol. The van der Waals surface area contributed by atoms with Crippen molar-refractivity contribution in [3.8, 4) is 0 Å². The average Bonchev–Trinajstić information content (AvgIpc) is 2.71. The number of benzene rings is 1. The molecule has 1 aliphatic rings. The highest BCUT2D eigenvalue weighted by Crippen LogP contribution is 2.37. The van der Waals surface area contributed by atoms with Crippen LogP contribution in [-0.4, -0.2) is 41.5 Å². The lowest BCUT2D eigenvalue weighted by Crippen LogP contribution is -2.50. The number of nitrogens with one attached hydrogen (secondary N) is 2. The zero-order chi connectivity index (χ0) is 17.8. The van der Waals surface area contributed by atoms with Gasteiger partial charge in [-0.05, 0) is 46.1 Å². The van der Waals surface area contributed by atoms with Crippen molar-refractivity contribution in [1.29, 1.82) is 0 Å². The summed E-state index contributed by atoms with van der Waals surface area (Å²) in [6.45, 7) is 8.69. The van der Waals surface area contributed by atoms with E-state index in [4.69, 9.17) is 4.74 Å². The number of hydrogen-bond donors (Lipinski definition) is 3. The van der Waals surface area contributed by atoms with Crippen molar-refractivity contribution < 1.29 is 14.6 Å². The molecule has 0 aromatic heterocycles. The van der Waals surface area contributed by atoms with Crippen LogP contribution in [0.25, 0.3) is 0 Å². The highest BCUT2D eigenvalue weighted by atomic mass is 16.5. The summed E-state index contributed by atoms with van der Waals surface area (Å²) in [5, 5.41) is 15.3. The second-order valence-corrected chi connectivity index (χ2v) is 7.70. The van der Waals surface area contributed by atoms with Crippen molar-refractivity contribution in [2.75, 3.05) is 13.2 Å². The molecule has 3 N–H and O–H groups in total. The van der Waals surface area contributed by atoms with Gasteiger partial charge in [0.25, 0.3) is 0 Å². The second kappa shape index (κ2) is 7.53. The van der Waals surface area contributed by atoms with E-state index in [1.165, 1.54) is 0 Å². The topological polar surface area (TPSA) is 70.6 Å². The molecule has 1 heterocycles. The lowest BCUT2D eigenvalue weighted by molar-refractivity contribution is -0.0690. The number of rotatable bonds is 6. The smallest absolute Gasteiger partial charge is 0.315 e. The molecule has 1 aromatic rings. The Bertz CT molecular complexity index is 543. The summed E-state index contributed by atoms with van der Waals surface area (Å²) in [5.74, 6) is 0.103. The maximum atomic E-state index is 12.3. The number of urea groups is 1. The van der Waals surface area contributed by atoms with Gasteiger partial charge in [0.05, 0.1) is 17.2 Å². The minimum atomic E-state index is -0.384. The number of amides is 2. The summed E-state index contributed by atoms with van der Waals surface area (Å²) in [5.41, 5.74) is 0.507. The Hall–Kier alpha value is -1.59. The maximum Gasteiger partial charge on any atom is 0.315 e. The van der Waals surface area contributed by atoms with E-state index in [-0.39, 0.29) is 35.8 Å². The first kappa shape index (κ1) is 18.7. The minimum Gasteiger partial charge on any atom is -0.396 e. The zero-order valence-electron chi connectivity index (χ0n) is 15.1. The van der Waals surface area contributed by atoms with E-state index in [2.05, 4.69) is 10.6 Å². The molecule has 2 atom stereocenters. The van der Waals surface area contributed by atoms with Gasteiger partial charge in [-0.3, -0.25) is 0 Å². The van der Waals surface area contributed by atoms with Crippen LogP contribution >= 0.6 is 0 Å². The fourth-order valence-electron chi connectivity index (χ4n) is 3.48. The Morgan fingerprint density at radius 1 is 1.29 bits per heavy atom. The number of carbonyl (C=O) groups excluding carboxylic acids is 1. The van der Waals surface area contributed by atoms with Crippen LogP contribution in [0.15, 0.2) is 30.3 Å². The third-order valence-electron chi connectivity index (χ3n) is 4.64. The predicted octanol–water partition coefficient (Wildman–Crippen LogP) is 2.80. The van der Waals surface area contributed by atoms with Gasteiger partial charge in [0.15, 0.2) is 0 Å². The van der Waals surface area contributed by atoms with Crippen molar-refractivity contribution in [2.45, 2.75) is 63.7 Å². The van der Waals surface area contributed by atoms with Gasteiger partial charge >= 0.3 is 6.03 Å². The summed E-state index contributed by atoms with van der Waals surface area (Å²) in [6.07, 6.45) is 1.40. The van der Waals surface area contributed by atoms with Gasteiger partial charge in [-0.2, -0.15) is 0 Å². The van der Waals surface area contributed by atoms with Gasteiger partial charge in [0.1, 0.15) is 0 Å². The highest BCUT2D eigenvalue weighted by molar-refractivity contribution is 5.74. The van der Waals surface area contributed by atoms with Gasteiger partial charge < -0.3 is 20.5 Å². The largest absolute Gasteiger partial charge is 0.396 e. The fraction of sp³-hybridized carbons (Fsp3) is 0.632. The first-order chi connectivity index (χ1) is 11.2. The number of hydrogen-bond acceptors (Lipinski definition) is 3. The zero-order valence-corrected chi connectivity index (χ0v) is 15.1. The quantitative estimate of drug-likeness (QED) is 0.749. The normalized spacial score (nSPS) is 22.8. The van der Waals surface area contributed by atoms with Crippen molar-refractivity contribution in [1.82, 2.24) is 10.6 Å². The summed E-state index contributed by atoms with van der Waals surface area (Å²) >= 11 is 0. The summed E-state index contributed by atoms with van der Waals surface area (Å²) in [7, 11) is 0. The van der Waals surface area contributed by atoms with Gasteiger partial charge in [-0.25, -0.2) is 4.79 Å². The highest BCUT2D eigenvalue weighted by Gasteiger charge is 2.46. The van der Waals surface area contributed by atoms with E-state index in [1.54, 1.807) is 0 Å². The van der Waals surface area contributed by atoms with Crippen LogP contribution in [0, 0.1) is 0 Å². The van der Waals surface area contributed by atoms with Crippen LogP contribution in [0.3, 0.4) is 0 Å². The molecule has 1 aromatic carbocycles. The molecule has 0 bridgehead atoms. The molecule has 1 fully saturated rings. The second-order valence-electron chi connectivity index (χ2n) is 7.70. The molecule has 0 saturated carbocycles. The third-order valence-corrected chi connectivity index (χ3v) is 4.64. The Labute approximate surface area is 144 Å². The molecule has 2 amide bonds. The first-order valence-corrected chi connectivity index (χ1v) is 8.64. The molecular weight excluding hydrogens is 304 g/mol. The van der Waals surface area contributed by atoms with Crippen LogP contribution in [0.4, 0.5) is 4.79 Å². The molecule has 134 valence electrons. The minimum absolute atomic E-state index is 0.0273. The molecule has 1 saturated heterocycles. The van der Waals surface area contributed by atoms with Gasteiger partial charge in [-0.1, -0.05) is 30.3 Å². The van der Waals surface area contributed by atoms with Crippen molar-refractivity contribution in [3.05, 3.63) is 35.9 Å². The van der Waals surface area contributed by atoms with Crippen LogP contribution < -0.4 is 10.6 Å². The Balaban J connectivity index is 1.90. The molecule has 2 unspecified atom stereocenters. The number of carbonyl (C=O) groups is 1. The van der Waals surface area contributed by atoms with Crippen LogP contribution in [0.5, 0.6) is 0 Å². The molecule has 0 aliphatic carbocycles. The SMILES string of the molecule is CC1(C)CC(NC(=O)NCC(CCO)c2ccccc2)C(C)(C)O1. The molecular formula is C19H30N2O3. The van der Waals surface area contributed by atoms with E-state index in [9.17, 15) is 9.90 Å².